The van der Waals surface area contributed by atoms with Gasteiger partial charge in [0, 0.05) is 25.6 Å². The van der Waals surface area contributed by atoms with Crippen LogP contribution in [0.1, 0.15) is 50.0 Å². The minimum Gasteiger partial charge on any atom is -0.496 e. The van der Waals surface area contributed by atoms with Crippen molar-refractivity contribution in [3.8, 4) is 5.75 Å². The lowest BCUT2D eigenvalue weighted by Gasteiger charge is -2.27. The lowest BCUT2D eigenvalue weighted by molar-refractivity contribution is 0.215. The normalized spacial score (nSPS) is 16.6. The molecule has 7 heteroatoms. The second-order valence-corrected chi connectivity index (χ2v) is 7.52. The molecule has 2 atom stereocenters. The molecule has 1 aromatic carbocycles. The first-order chi connectivity index (χ1) is 14.2. The van der Waals surface area contributed by atoms with Gasteiger partial charge in [-0.3, -0.25) is 9.89 Å². The van der Waals surface area contributed by atoms with E-state index in [0.29, 0.717) is 6.54 Å². The highest BCUT2D eigenvalue weighted by molar-refractivity contribution is 14.0. The van der Waals surface area contributed by atoms with Gasteiger partial charge in [0.25, 0.3) is 0 Å². The number of hydrogen-bond donors (Lipinski definition) is 2. The van der Waals surface area contributed by atoms with Gasteiger partial charge in [0.05, 0.1) is 19.4 Å². The summed E-state index contributed by atoms with van der Waals surface area (Å²) in [5.74, 6) is 3.03. The van der Waals surface area contributed by atoms with Crippen molar-refractivity contribution >= 4 is 29.9 Å². The molecule has 2 aromatic rings. The largest absolute Gasteiger partial charge is 0.496 e. The number of guanidine groups is 1. The molecule has 2 heterocycles. The van der Waals surface area contributed by atoms with Crippen molar-refractivity contribution in [1.29, 1.82) is 0 Å². The van der Waals surface area contributed by atoms with Gasteiger partial charge in [0.2, 0.25) is 0 Å². The second-order valence-electron chi connectivity index (χ2n) is 7.52. The fourth-order valence-electron chi connectivity index (χ4n) is 3.88. The molecule has 0 spiro atoms. The molecule has 0 bridgehead atoms. The molecule has 6 nitrogen and oxygen atoms in total. The Morgan fingerprint density at radius 1 is 1.17 bits per heavy atom. The summed E-state index contributed by atoms with van der Waals surface area (Å²) in [6.07, 6.45) is 4.26. The van der Waals surface area contributed by atoms with Gasteiger partial charge in [-0.2, -0.15) is 0 Å². The summed E-state index contributed by atoms with van der Waals surface area (Å²) < 4.78 is 11.2. The second kappa shape index (κ2) is 12.8. The standard InChI is InChI=1S/C23H34N4O2.HI/c1-4-24-23(25-16-18(2)19-10-5-6-11-21(19)28-3)26-17-20(22-12-9-15-29-22)27-13-7-8-14-27;/h5-6,9-12,15,18,20H,4,7-8,13-14,16-17H2,1-3H3,(H2,24,25,26);1H. The number of nitrogens with one attached hydrogen (secondary N) is 2. The Hall–Kier alpha value is -1.74. The maximum Gasteiger partial charge on any atom is 0.191 e. The van der Waals surface area contributed by atoms with Crippen LogP contribution in [0.2, 0.25) is 0 Å². The zero-order chi connectivity index (χ0) is 20.5. The highest BCUT2D eigenvalue weighted by Crippen LogP contribution is 2.27. The van der Waals surface area contributed by atoms with Crippen molar-refractivity contribution in [2.45, 2.75) is 38.6 Å². The van der Waals surface area contributed by atoms with Crippen molar-refractivity contribution in [1.82, 2.24) is 15.5 Å². The molecule has 2 N–H and O–H groups in total. The van der Waals surface area contributed by atoms with Crippen molar-refractivity contribution in [2.75, 3.05) is 39.8 Å². The van der Waals surface area contributed by atoms with Crippen LogP contribution in [0.25, 0.3) is 0 Å². The SMILES string of the molecule is CCNC(=NCC(C)c1ccccc1OC)NCC(c1ccco1)N1CCCC1.I. The van der Waals surface area contributed by atoms with Crippen LogP contribution in [0.3, 0.4) is 0 Å². The Morgan fingerprint density at radius 3 is 2.60 bits per heavy atom. The molecule has 1 aliphatic heterocycles. The average molecular weight is 526 g/mol. The van der Waals surface area contributed by atoms with Crippen LogP contribution >= 0.6 is 24.0 Å². The summed E-state index contributed by atoms with van der Waals surface area (Å²) in [7, 11) is 1.72. The number of likely N-dealkylation sites (tertiary alicyclic amines) is 1. The van der Waals surface area contributed by atoms with E-state index in [1.165, 1.54) is 18.4 Å². The van der Waals surface area contributed by atoms with E-state index in [2.05, 4.69) is 41.5 Å². The first-order valence-electron chi connectivity index (χ1n) is 10.7. The summed E-state index contributed by atoms with van der Waals surface area (Å²) in [5, 5.41) is 6.90. The highest BCUT2D eigenvalue weighted by atomic mass is 127. The smallest absolute Gasteiger partial charge is 0.191 e. The molecule has 2 unspecified atom stereocenters. The highest BCUT2D eigenvalue weighted by Gasteiger charge is 2.25. The third kappa shape index (κ3) is 6.63. The molecular weight excluding hydrogens is 491 g/mol. The van der Waals surface area contributed by atoms with Crippen molar-refractivity contribution in [3.63, 3.8) is 0 Å². The molecule has 1 aromatic heterocycles. The molecule has 0 saturated carbocycles. The molecule has 30 heavy (non-hydrogen) atoms. The molecule has 3 rings (SSSR count). The predicted octanol–water partition coefficient (Wildman–Crippen LogP) is 4.40. The first-order valence-corrected chi connectivity index (χ1v) is 10.7. The van der Waals surface area contributed by atoms with E-state index < -0.39 is 0 Å². The zero-order valence-electron chi connectivity index (χ0n) is 18.3. The molecule has 1 fully saturated rings. The average Bonchev–Trinajstić information content (AvgIpc) is 3.46. The number of methoxy groups -OCH3 is 1. The number of benzene rings is 1. The van der Waals surface area contributed by atoms with Crippen LogP contribution in [-0.4, -0.2) is 50.7 Å². The number of furan rings is 1. The van der Waals surface area contributed by atoms with Gasteiger partial charge >= 0.3 is 0 Å². The van der Waals surface area contributed by atoms with Gasteiger partial charge < -0.3 is 19.8 Å². The van der Waals surface area contributed by atoms with E-state index in [9.17, 15) is 0 Å². The van der Waals surface area contributed by atoms with E-state index >= 15 is 0 Å². The monoisotopic (exact) mass is 526 g/mol. The Labute approximate surface area is 197 Å². The van der Waals surface area contributed by atoms with Crippen LogP contribution in [0.4, 0.5) is 0 Å². The molecule has 1 saturated heterocycles. The lowest BCUT2D eigenvalue weighted by Crippen LogP contribution is -2.42. The first kappa shape index (κ1) is 24.5. The fraction of sp³-hybridized carbons (Fsp3) is 0.522. The maximum absolute atomic E-state index is 5.73. The number of para-hydroxylation sites is 1. The molecule has 1 aliphatic rings. The zero-order valence-corrected chi connectivity index (χ0v) is 20.6. The maximum atomic E-state index is 5.73. The van der Waals surface area contributed by atoms with Gasteiger partial charge in [-0.1, -0.05) is 25.1 Å². The van der Waals surface area contributed by atoms with Crippen molar-refractivity contribution in [2.24, 2.45) is 4.99 Å². The molecule has 0 radical (unpaired) electrons. The van der Waals surface area contributed by atoms with Gasteiger partial charge in [-0.05, 0) is 56.6 Å². The van der Waals surface area contributed by atoms with Crippen LogP contribution < -0.4 is 15.4 Å². The van der Waals surface area contributed by atoms with Crippen LogP contribution in [0, 0.1) is 0 Å². The Morgan fingerprint density at radius 2 is 1.93 bits per heavy atom. The van der Waals surface area contributed by atoms with Crippen LogP contribution in [-0.2, 0) is 0 Å². The number of hydrogen-bond acceptors (Lipinski definition) is 4. The quantitative estimate of drug-likeness (QED) is 0.288. The number of ether oxygens (including phenoxy) is 1. The van der Waals surface area contributed by atoms with E-state index in [-0.39, 0.29) is 35.9 Å². The van der Waals surface area contributed by atoms with Gasteiger partial charge in [0.1, 0.15) is 11.5 Å². The van der Waals surface area contributed by atoms with E-state index in [0.717, 1.165) is 43.6 Å². The topological polar surface area (TPSA) is 62.0 Å². The predicted molar refractivity (Wildman–Crippen MR) is 133 cm³/mol. The molecular formula is C23H35IN4O2. The lowest BCUT2D eigenvalue weighted by atomic mass is 10.0. The number of aliphatic imine (C=N–C) groups is 1. The summed E-state index contributed by atoms with van der Waals surface area (Å²) in [4.78, 5) is 7.33. The Bertz CT molecular complexity index is 760. The van der Waals surface area contributed by atoms with Gasteiger partial charge in [0.15, 0.2) is 5.96 Å². The third-order valence-corrected chi connectivity index (χ3v) is 5.45. The van der Waals surface area contributed by atoms with Gasteiger partial charge in [-0.15, -0.1) is 24.0 Å². The Kier molecular flexibility index (Phi) is 10.5. The summed E-state index contributed by atoms with van der Waals surface area (Å²) in [5.41, 5.74) is 1.18. The van der Waals surface area contributed by atoms with E-state index in [1.54, 1.807) is 13.4 Å². The molecule has 0 aliphatic carbocycles. The van der Waals surface area contributed by atoms with Gasteiger partial charge in [-0.25, -0.2) is 0 Å². The van der Waals surface area contributed by atoms with Crippen molar-refractivity contribution in [3.05, 3.63) is 54.0 Å². The number of rotatable bonds is 9. The molecule has 166 valence electrons. The Balaban J connectivity index is 0.00000320. The third-order valence-electron chi connectivity index (χ3n) is 5.45. The summed E-state index contributed by atoms with van der Waals surface area (Å²) in [6, 6.07) is 12.4. The van der Waals surface area contributed by atoms with Crippen molar-refractivity contribution < 1.29 is 9.15 Å². The summed E-state index contributed by atoms with van der Waals surface area (Å²) in [6.45, 7) is 8.78. The minimum atomic E-state index is 0. The number of nitrogens with zero attached hydrogens (tertiary/aromatic N) is 2. The minimum absolute atomic E-state index is 0. The fourth-order valence-corrected chi connectivity index (χ4v) is 3.88. The van der Waals surface area contributed by atoms with Crippen LogP contribution in [0.15, 0.2) is 52.1 Å². The summed E-state index contributed by atoms with van der Waals surface area (Å²) >= 11 is 0. The van der Waals surface area contributed by atoms with Crippen LogP contribution in [0.5, 0.6) is 5.75 Å². The molecule has 0 amide bonds. The van der Waals surface area contributed by atoms with E-state index in [4.69, 9.17) is 14.1 Å². The number of halogens is 1. The van der Waals surface area contributed by atoms with E-state index in [1.807, 2.05) is 24.3 Å².